The maximum atomic E-state index is 10.8. The third-order valence-electron chi connectivity index (χ3n) is 3.48. The van der Waals surface area contributed by atoms with Gasteiger partial charge in [-0.05, 0) is 56.4 Å². The molecule has 0 fully saturated rings. The van der Waals surface area contributed by atoms with E-state index in [9.17, 15) is 4.79 Å². The van der Waals surface area contributed by atoms with Gasteiger partial charge in [0, 0.05) is 29.7 Å². The molecule has 1 aliphatic heterocycles. The highest BCUT2D eigenvalue weighted by Gasteiger charge is 2.16. The zero-order valence-electron chi connectivity index (χ0n) is 10.9. The topological polar surface area (TPSA) is 20.3 Å². The van der Waals surface area contributed by atoms with E-state index in [4.69, 9.17) is 11.6 Å². The van der Waals surface area contributed by atoms with Crippen molar-refractivity contribution in [2.75, 3.05) is 18.0 Å². The van der Waals surface area contributed by atoms with Crippen LogP contribution < -0.4 is 4.90 Å². The van der Waals surface area contributed by atoms with E-state index >= 15 is 0 Å². The second-order valence-corrected chi connectivity index (χ2v) is 5.76. The predicted molar refractivity (Wildman–Crippen MR) is 76.9 cm³/mol. The number of aryl methyl sites for hydroxylation is 1. The number of aldehydes is 1. The number of alkyl halides is 1. The van der Waals surface area contributed by atoms with E-state index in [1.54, 1.807) is 0 Å². The second kappa shape index (κ2) is 6.24. The molecule has 1 aromatic rings. The highest BCUT2D eigenvalue weighted by atomic mass is 35.5. The molecular formula is C15H20ClNO. The fraction of sp³-hybridized carbons (Fsp3) is 0.533. The lowest BCUT2D eigenvalue weighted by Crippen LogP contribution is -2.30. The summed E-state index contributed by atoms with van der Waals surface area (Å²) in [5.74, 6) is 0. The second-order valence-electron chi connectivity index (χ2n) is 5.02. The summed E-state index contributed by atoms with van der Waals surface area (Å²) in [7, 11) is 0. The lowest BCUT2D eigenvalue weighted by atomic mass is 9.99. The molecule has 18 heavy (non-hydrogen) atoms. The van der Waals surface area contributed by atoms with Crippen molar-refractivity contribution in [1.82, 2.24) is 0 Å². The maximum absolute atomic E-state index is 10.8. The molecule has 1 aromatic carbocycles. The molecule has 98 valence electrons. The molecule has 0 saturated carbocycles. The predicted octanol–water partition coefficient (Wildman–Crippen LogP) is 3.66. The standard InChI is InChI=1S/C15H20ClNO/c1-12(16)4-2-8-17-9-3-5-14-10-13(11-18)6-7-15(14)17/h6-7,10-12H,2-5,8-9H2,1H3. The van der Waals surface area contributed by atoms with Gasteiger partial charge >= 0.3 is 0 Å². The summed E-state index contributed by atoms with van der Waals surface area (Å²) in [4.78, 5) is 13.2. The van der Waals surface area contributed by atoms with Crippen molar-refractivity contribution in [2.45, 2.75) is 38.0 Å². The zero-order valence-corrected chi connectivity index (χ0v) is 11.6. The van der Waals surface area contributed by atoms with Gasteiger partial charge < -0.3 is 4.90 Å². The van der Waals surface area contributed by atoms with Crippen LogP contribution in [0.4, 0.5) is 5.69 Å². The molecule has 3 heteroatoms. The van der Waals surface area contributed by atoms with Crippen LogP contribution in [0.5, 0.6) is 0 Å². The molecular weight excluding hydrogens is 246 g/mol. The molecule has 0 aromatic heterocycles. The van der Waals surface area contributed by atoms with Gasteiger partial charge in [0.05, 0.1) is 0 Å². The van der Waals surface area contributed by atoms with Crippen LogP contribution in [0, 0.1) is 0 Å². The summed E-state index contributed by atoms with van der Waals surface area (Å²) in [5.41, 5.74) is 3.39. The Labute approximate surface area is 114 Å². The van der Waals surface area contributed by atoms with Crippen LogP contribution >= 0.6 is 11.6 Å². The number of hydrogen-bond acceptors (Lipinski definition) is 2. The van der Waals surface area contributed by atoms with Gasteiger partial charge in [0.25, 0.3) is 0 Å². The van der Waals surface area contributed by atoms with Gasteiger partial charge in [-0.3, -0.25) is 4.79 Å². The molecule has 0 aliphatic carbocycles. The molecule has 1 aliphatic rings. The molecule has 0 saturated heterocycles. The van der Waals surface area contributed by atoms with E-state index in [0.29, 0.717) is 0 Å². The van der Waals surface area contributed by atoms with Crippen molar-refractivity contribution in [3.05, 3.63) is 29.3 Å². The normalized spacial score (nSPS) is 16.2. The Morgan fingerprint density at radius 1 is 1.50 bits per heavy atom. The quantitative estimate of drug-likeness (QED) is 0.598. The third-order valence-corrected chi connectivity index (χ3v) is 3.70. The molecule has 2 nitrogen and oxygen atoms in total. The van der Waals surface area contributed by atoms with Crippen LogP contribution in [-0.2, 0) is 6.42 Å². The number of carbonyl (C=O) groups is 1. The first-order valence-electron chi connectivity index (χ1n) is 6.68. The van der Waals surface area contributed by atoms with E-state index < -0.39 is 0 Å². The van der Waals surface area contributed by atoms with Gasteiger partial charge in [0.15, 0.2) is 0 Å². The van der Waals surface area contributed by atoms with Crippen LogP contribution in [0.25, 0.3) is 0 Å². The van der Waals surface area contributed by atoms with Crippen LogP contribution in [0.3, 0.4) is 0 Å². The number of fused-ring (bicyclic) bond motifs is 1. The number of nitrogens with zero attached hydrogens (tertiary/aromatic N) is 1. The fourth-order valence-electron chi connectivity index (χ4n) is 2.56. The summed E-state index contributed by atoms with van der Waals surface area (Å²) in [6.07, 6.45) is 5.36. The Kier molecular flexibility index (Phi) is 4.65. The lowest BCUT2D eigenvalue weighted by Gasteiger charge is -2.31. The van der Waals surface area contributed by atoms with Gasteiger partial charge in [-0.25, -0.2) is 0 Å². The zero-order chi connectivity index (χ0) is 13.0. The molecule has 0 amide bonds. The Morgan fingerprint density at radius 2 is 2.33 bits per heavy atom. The van der Waals surface area contributed by atoms with Crippen LogP contribution in [0.2, 0.25) is 0 Å². The SMILES string of the molecule is CC(Cl)CCCN1CCCc2cc(C=O)ccc21. The molecule has 2 rings (SSSR count). The summed E-state index contributed by atoms with van der Waals surface area (Å²) >= 11 is 5.98. The van der Waals surface area contributed by atoms with E-state index in [-0.39, 0.29) is 5.38 Å². The van der Waals surface area contributed by atoms with Crippen molar-refractivity contribution in [3.63, 3.8) is 0 Å². The molecule has 1 atom stereocenters. The van der Waals surface area contributed by atoms with Crippen molar-refractivity contribution in [2.24, 2.45) is 0 Å². The minimum atomic E-state index is 0.256. The molecule has 1 heterocycles. The number of carbonyl (C=O) groups excluding carboxylic acids is 1. The summed E-state index contributed by atoms with van der Waals surface area (Å²) < 4.78 is 0. The first-order chi connectivity index (χ1) is 8.70. The van der Waals surface area contributed by atoms with Gasteiger partial charge in [-0.2, -0.15) is 0 Å². The largest absolute Gasteiger partial charge is 0.371 e. The van der Waals surface area contributed by atoms with Gasteiger partial charge in [0.2, 0.25) is 0 Å². The van der Waals surface area contributed by atoms with Crippen molar-refractivity contribution in [3.8, 4) is 0 Å². The Hall–Kier alpha value is -1.02. The smallest absolute Gasteiger partial charge is 0.150 e. The molecule has 0 N–H and O–H groups in total. The lowest BCUT2D eigenvalue weighted by molar-refractivity contribution is 0.112. The first kappa shape index (κ1) is 13.4. The Morgan fingerprint density at radius 3 is 3.06 bits per heavy atom. The highest BCUT2D eigenvalue weighted by Crippen LogP contribution is 2.28. The van der Waals surface area contributed by atoms with Crippen molar-refractivity contribution >= 4 is 23.6 Å². The molecule has 0 bridgehead atoms. The average Bonchev–Trinajstić information content (AvgIpc) is 2.38. The average molecular weight is 266 g/mol. The van der Waals surface area contributed by atoms with E-state index in [0.717, 1.165) is 44.2 Å². The van der Waals surface area contributed by atoms with Gasteiger partial charge in [0.1, 0.15) is 6.29 Å². The number of hydrogen-bond donors (Lipinski definition) is 0. The number of rotatable bonds is 5. The van der Waals surface area contributed by atoms with Crippen molar-refractivity contribution < 1.29 is 4.79 Å². The van der Waals surface area contributed by atoms with Crippen LogP contribution in [0.15, 0.2) is 18.2 Å². The summed E-state index contributed by atoms with van der Waals surface area (Å²) in [6, 6.07) is 6.02. The molecule has 0 radical (unpaired) electrons. The Bertz CT molecular complexity index is 417. The highest BCUT2D eigenvalue weighted by molar-refractivity contribution is 6.20. The minimum Gasteiger partial charge on any atom is -0.371 e. The Balaban J connectivity index is 2.05. The number of halogens is 1. The van der Waals surface area contributed by atoms with Crippen LogP contribution in [-0.4, -0.2) is 24.8 Å². The van der Waals surface area contributed by atoms with E-state index in [2.05, 4.69) is 11.0 Å². The number of benzene rings is 1. The molecule has 1 unspecified atom stereocenters. The van der Waals surface area contributed by atoms with E-state index in [1.807, 2.05) is 19.1 Å². The first-order valence-corrected chi connectivity index (χ1v) is 7.11. The minimum absolute atomic E-state index is 0.256. The monoisotopic (exact) mass is 265 g/mol. The van der Waals surface area contributed by atoms with Crippen molar-refractivity contribution in [1.29, 1.82) is 0 Å². The van der Waals surface area contributed by atoms with Gasteiger partial charge in [-0.15, -0.1) is 11.6 Å². The summed E-state index contributed by atoms with van der Waals surface area (Å²) in [5, 5.41) is 0.256. The number of anilines is 1. The van der Waals surface area contributed by atoms with E-state index in [1.165, 1.54) is 17.7 Å². The molecule has 0 spiro atoms. The third kappa shape index (κ3) is 3.26. The van der Waals surface area contributed by atoms with Gasteiger partial charge in [-0.1, -0.05) is 0 Å². The fourth-order valence-corrected chi connectivity index (χ4v) is 2.72. The van der Waals surface area contributed by atoms with Crippen LogP contribution in [0.1, 0.15) is 42.1 Å². The summed E-state index contributed by atoms with van der Waals surface area (Å²) in [6.45, 7) is 4.22. The maximum Gasteiger partial charge on any atom is 0.150 e.